The lowest BCUT2D eigenvalue weighted by molar-refractivity contribution is -0.115. The fourth-order valence-electron chi connectivity index (χ4n) is 9.90. The highest BCUT2D eigenvalue weighted by Crippen LogP contribution is 2.39. The lowest BCUT2D eigenvalue weighted by Crippen LogP contribution is -2.22. The highest BCUT2D eigenvalue weighted by atomic mass is 79.9. The molecule has 12 rings (SSSR count). The van der Waals surface area contributed by atoms with Gasteiger partial charge in [-0.15, -0.1) is 5.54 Å². The number of hydrogen-bond donors (Lipinski definition) is 5. The van der Waals surface area contributed by atoms with Crippen LogP contribution in [-0.2, 0) is 13.0 Å². The first-order valence-electron chi connectivity index (χ1n) is 36.6. The van der Waals surface area contributed by atoms with E-state index in [2.05, 4.69) is 216 Å². The van der Waals surface area contributed by atoms with Gasteiger partial charge >= 0.3 is 6.18 Å². The van der Waals surface area contributed by atoms with Gasteiger partial charge in [-0.25, -0.2) is 74.8 Å². The summed E-state index contributed by atoms with van der Waals surface area (Å²) in [7, 11) is 1.56. The molecule has 118 heavy (non-hydrogen) atoms. The van der Waals surface area contributed by atoms with Crippen molar-refractivity contribution in [3.63, 3.8) is 0 Å². The number of aromatic nitrogens is 15. The molecule has 0 aliphatic heterocycles. The molecular formula is C84H90Br3F3N20O7Si. The monoisotopic (exact) mass is 1810 g/mol. The maximum absolute atomic E-state index is 12.5. The molecule has 0 saturated heterocycles. The molecule has 0 aliphatic rings. The van der Waals surface area contributed by atoms with Gasteiger partial charge in [-0.1, -0.05) is 127 Å². The average molecular weight is 1820 g/mol. The fraction of sp³-hybridized carbons (Fsp3) is 0.274. The molecule has 0 radical (unpaired) electrons. The van der Waals surface area contributed by atoms with Gasteiger partial charge in [0.25, 0.3) is 0 Å². The first kappa shape index (κ1) is 91.3. The van der Waals surface area contributed by atoms with Crippen molar-refractivity contribution in [1.29, 1.82) is 0 Å². The number of rotatable bonds is 21. The maximum atomic E-state index is 12.5. The number of methoxy groups -OCH3 is 2. The van der Waals surface area contributed by atoms with E-state index in [9.17, 15) is 13.2 Å². The zero-order valence-corrected chi connectivity index (χ0v) is 73.6. The first-order valence-corrected chi connectivity index (χ1v) is 42.5. The van der Waals surface area contributed by atoms with Crippen molar-refractivity contribution in [1.82, 2.24) is 74.8 Å². The molecule has 0 spiro atoms. The van der Waals surface area contributed by atoms with Crippen molar-refractivity contribution in [3.05, 3.63) is 235 Å². The Kier molecular flexibility index (Phi) is 33.8. The zero-order valence-electron chi connectivity index (χ0n) is 67.9. The van der Waals surface area contributed by atoms with E-state index < -0.39 is 20.8 Å². The number of nitrogens with one attached hydrogen (secondary N) is 2. The fourth-order valence-corrected chi connectivity index (χ4v) is 11.3. The number of hydrogen-bond acceptors (Lipinski definition) is 27. The summed E-state index contributed by atoms with van der Waals surface area (Å²) in [6.07, 6.45) is 12.7. The molecule has 10 heterocycles. The van der Waals surface area contributed by atoms with E-state index in [-0.39, 0.29) is 35.0 Å². The van der Waals surface area contributed by atoms with Crippen LogP contribution in [0.4, 0.5) is 42.3 Å². The lowest BCUT2D eigenvalue weighted by atomic mass is 10.0. The minimum Gasteiger partial charge on any atom is -0.481 e. The third-order valence-corrected chi connectivity index (χ3v) is 17.8. The minimum atomic E-state index is -4.36. The number of aryl methyl sites for hydroxylation is 5. The van der Waals surface area contributed by atoms with Crippen molar-refractivity contribution in [2.75, 3.05) is 48.6 Å². The molecule has 0 fully saturated rings. The molecule has 34 heteroatoms. The molecule has 0 amide bonds. The van der Waals surface area contributed by atoms with Crippen LogP contribution >= 0.6 is 47.8 Å². The van der Waals surface area contributed by atoms with Crippen LogP contribution in [0.3, 0.4) is 0 Å². The second-order valence-corrected chi connectivity index (χ2v) is 34.9. The predicted octanol–water partition coefficient (Wildman–Crippen LogP) is 19.6. The van der Waals surface area contributed by atoms with Gasteiger partial charge < -0.3 is 61.0 Å². The number of nitrogen functional groups attached to an aromatic ring is 3. The Balaban J connectivity index is 0.000000184. The molecule has 12 aromatic rings. The summed E-state index contributed by atoms with van der Waals surface area (Å²) in [5, 5.41) is 5.60. The van der Waals surface area contributed by atoms with E-state index in [1.807, 2.05) is 93.8 Å². The van der Waals surface area contributed by atoms with Crippen molar-refractivity contribution in [2.24, 2.45) is 5.92 Å². The van der Waals surface area contributed by atoms with Crippen molar-refractivity contribution < 1.29 is 46.3 Å². The first-order chi connectivity index (χ1) is 56.1. The Hall–Kier alpha value is -12.2. The molecule has 27 nitrogen and oxygen atoms in total. The van der Waals surface area contributed by atoms with E-state index in [1.165, 1.54) is 25.1 Å². The van der Waals surface area contributed by atoms with Gasteiger partial charge in [0.1, 0.15) is 86.3 Å². The molecular weight excluding hydrogens is 1730 g/mol. The summed E-state index contributed by atoms with van der Waals surface area (Å²) in [4.78, 5) is 62.4. The van der Waals surface area contributed by atoms with Crippen LogP contribution in [0, 0.1) is 63.8 Å². The number of halogens is 6. The summed E-state index contributed by atoms with van der Waals surface area (Å²) in [5.41, 5.74) is 27.1. The standard InChI is InChI=1S/C20H21BrN4O.C19H16N4O2.C16H20N4O2Si.C15H16BrF3N4O.C14H17BrN4O/c1-13(2)16-11-23-19(21)9-17(16)26-18-12-22-14(3)25-20(18)24-10-15-7-5-4-6-8-15;1-13-21-12-17(19(20)23-13)25-16-10-18(24-2)22-11-15(16)9-8-14-6-4-3-5-7-14;1-11-18-10-14(16(17)20-11)22-13-8-15(21-2)19-9-12(13)6-7-23(3,4)5;1-8(2)10-5-21-13(16)4-11(10)24-12-6-20-9(3)23-14(12)22-7-15(17,18)19;1-8(2)4-10-6-18-13(15)5-11(10)20-12-7-17-9(3)19-14(12)16/h4-9,11-13H,10H2,1-3H3,(H,22,24,25);3-7,10-12H,1-2H3,(H2,20,21,23);8-10H,1-5H3,(H2,17,18,20);4-6,8H,7H2,1-3H3,(H,20,22,23);5-8H,4H2,1-3H3,(H2,16,17,19). The van der Waals surface area contributed by atoms with Crippen molar-refractivity contribution >= 4 is 85.0 Å². The Morgan fingerprint density at radius 3 is 1.21 bits per heavy atom. The summed E-state index contributed by atoms with van der Waals surface area (Å²) < 4.78 is 79.2. The number of nitrogens with two attached hydrogens (primary N) is 3. The van der Waals surface area contributed by atoms with Crippen molar-refractivity contribution in [3.8, 4) is 92.6 Å². The normalized spacial score (nSPS) is 10.8. The molecule has 614 valence electrons. The highest BCUT2D eigenvalue weighted by molar-refractivity contribution is 9.11. The summed E-state index contributed by atoms with van der Waals surface area (Å²) in [5.74, 6) is 20.2. The van der Waals surface area contributed by atoms with Gasteiger partial charge in [0.15, 0.2) is 57.8 Å². The highest BCUT2D eigenvalue weighted by Gasteiger charge is 2.28. The van der Waals surface area contributed by atoms with Gasteiger partial charge in [0, 0.05) is 77.7 Å². The second kappa shape index (κ2) is 43.6. The van der Waals surface area contributed by atoms with Gasteiger partial charge in [-0.3, -0.25) is 0 Å². The summed E-state index contributed by atoms with van der Waals surface area (Å²) in [6, 6.07) is 28.5. The van der Waals surface area contributed by atoms with E-state index in [4.69, 9.17) is 50.4 Å². The van der Waals surface area contributed by atoms with Crippen LogP contribution in [0.2, 0.25) is 19.6 Å². The lowest BCUT2D eigenvalue weighted by Gasteiger charge is -2.16. The van der Waals surface area contributed by atoms with Crippen molar-refractivity contribution in [2.45, 2.75) is 127 Å². The van der Waals surface area contributed by atoms with Crippen LogP contribution in [0.5, 0.6) is 69.3 Å². The van der Waals surface area contributed by atoms with Gasteiger partial charge in [-0.05, 0) is 124 Å². The van der Waals surface area contributed by atoms with Gasteiger partial charge in [0.05, 0.1) is 68.7 Å². The molecule has 10 aromatic heterocycles. The van der Waals surface area contributed by atoms with Crippen LogP contribution in [-0.4, -0.2) is 110 Å². The number of benzene rings is 2. The summed E-state index contributed by atoms with van der Waals surface area (Å²) >= 11 is 10.0. The number of pyridine rings is 5. The van der Waals surface area contributed by atoms with Crippen LogP contribution in [0.1, 0.15) is 121 Å². The SMILES string of the molecule is COc1cc(Oc2cnc(C)nc2N)c(C#C[Si](C)(C)C)cn1.COc1cc(Oc2cnc(C)nc2N)c(C#Cc2ccccc2)cn1.Cc1ncc(Oc2cc(Br)ncc2C(C)C)c(NCC(F)(F)F)n1.Cc1ncc(Oc2cc(Br)ncc2C(C)C)c(NCc2ccccc2)n1.Cc1ncc(Oc2cc(Br)ncc2CC(C)C)c(N)n1. The molecule has 8 N–H and O–H groups in total. The predicted molar refractivity (Wildman–Crippen MR) is 463 cm³/mol. The Morgan fingerprint density at radius 2 is 0.805 bits per heavy atom. The van der Waals surface area contributed by atoms with Gasteiger partial charge in [0.2, 0.25) is 11.8 Å². The van der Waals surface area contributed by atoms with Crippen LogP contribution < -0.4 is 61.0 Å². The molecule has 0 aliphatic carbocycles. The Bertz CT molecular complexity index is 5510. The van der Waals surface area contributed by atoms with Gasteiger partial charge in [-0.2, -0.15) is 13.2 Å². The third-order valence-electron chi connectivity index (χ3n) is 15.6. The van der Waals surface area contributed by atoms with E-state index in [0.29, 0.717) is 126 Å². The minimum absolute atomic E-state index is 0.0116. The second-order valence-electron chi connectivity index (χ2n) is 27.8. The number of nitrogens with zero attached hydrogens (tertiary/aromatic N) is 15. The van der Waals surface area contributed by atoms with Crippen LogP contribution in [0.15, 0.2) is 167 Å². The third kappa shape index (κ3) is 29.8. The quantitative estimate of drug-likeness (QED) is 0.0253. The molecule has 0 unspecified atom stereocenters. The molecule has 0 bridgehead atoms. The largest absolute Gasteiger partial charge is 0.481 e. The van der Waals surface area contributed by atoms with Crippen LogP contribution in [0.25, 0.3) is 0 Å². The number of alkyl halides is 3. The molecule has 0 saturated carbocycles. The van der Waals surface area contributed by atoms with E-state index in [0.717, 1.165) is 44.8 Å². The maximum Gasteiger partial charge on any atom is 0.405 e. The number of anilines is 5. The Morgan fingerprint density at radius 1 is 0.424 bits per heavy atom. The van der Waals surface area contributed by atoms with E-state index >= 15 is 0 Å². The number of ether oxygens (including phenoxy) is 7. The summed E-state index contributed by atoms with van der Waals surface area (Å²) in [6.45, 7) is 27.2. The zero-order chi connectivity index (χ0) is 85.8. The molecule has 2 aromatic carbocycles. The average Bonchev–Trinajstić information content (AvgIpc) is 0.842. The topological polar surface area (TPSA) is 360 Å². The van der Waals surface area contributed by atoms with E-state index in [1.54, 1.807) is 90.2 Å². The Labute approximate surface area is 710 Å². The molecule has 0 atom stereocenters. The smallest absolute Gasteiger partial charge is 0.405 e.